The zero-order valence-corrected chi connectivity index (χ0v) is 16.9. The van der Waals surface area contributed by atoms with Gasteiger partial charge >= 0.3 is 0 Å². The molecular formula is C11H10I3N3O3. The molecule has 0 fully saturated rings. The quantitative estimate of drug-likeness (QED) is 0.508. The summed E-state index contributed by atoms with van der Waals surface area (Å²) in [6.45, 7) is 1.39. The Hall–Kier alpha value is -0.180. The number of nitrogens with zero attached hydrogens (tertiary/aromatic N) is 1. The summed E-state index contributed by atoms with van der Waals surface area (Å²) in [5, 5.41) is 0. The van der Waals surface area contributed by atoms with Crippen molar-refractivity contribution in [3.8, 4) is 0 Å². The van der Waals surface area contributed by atoms with E-state index >= 15 is 0 Å². The normalized spacial score (nSPS) is 10.2. The minimum atomic E-state index is -0.670. The number of nitrogens with two attached hydrogens (primary N) is 2. The molecular weight excluding hydrogens is 603 g/mol. The average Bonchev–Trinajstić information content (AvgIpc) is 2.26. The van der Waals surface area contributed by atoms with Crippen LogP contribution in [0.2, 0.25) is 0 Å². The van der Waals surface area contributed by atoms with E-state index in [-0.39, 0.29) is 17.0 Å². The topological polar surface area (TPSA) is 106 Å². The van der Waals surface area contributed by atoms with Crippen molar-refractivity contribution in [3.63, 3.8) is 0 Å². The predicted octanol–water partition coefficient (Wildman–Crippen LogP) is 1.68. The van der Waals surface area contributed by atoms with Crippen LogP contribution in [0.4, 0.5) is 5.69 Å². The van der Waals surface area contributed by atoms with E-state index in [1.807, 2.05) is 67.8 Å². The van der Waals surface area contributed by atoms with Crippen molar-refractivity contribution in [2.24, 2.45) is 11.5 Å². The number of hydrogen-bond acceptors (Lipinski definition) is 3. The van der Waals surface area contributed by atoms with Crippen LogP contribution in [0.25, 0.3) is 0 Å². The number of anilines is 1. The van der Waals surface area contributed by atoms with E-state index < -0.39 is 11.8 Å². The maximum atomic E-state index is 11.6. The Morgan fingerprint density at radius 1 is 0.900 bits per heavy atom. The number of carbonyl (C=O) groups is 3. The van der Waals surface area contributed by atoms with Crippen molar-refractivity contribution in [1.82, 2.24) is 0 Å². The first-order valence-electron chi connectivity index (χ1n) is 5.15. The Morgan fingerprint density at radius 2 is 1.25 bits per heavy atom. The SMILES string of the molecule is CC(=O)N(C)c1c(I)c(C(N)=O)c(I)c(C(N)=O)c1I. The summed E-state index contributed by atoms with van der Waals surface area (Å²) in [5.74, 6) is -1.57. The van der Waals surface area contributed by atoms with Gasteiger partial charge < -0.3 is 16.4 Å². The highest BCUT2D eigenvalue weighted by Crippen LogP contribution is 2.37. The molecule has 1 rings (SSSR count). The first kappa shape index (κ1) is 17.9. The average molecular weight is 613 g/mol. The van der Waals surface area contributed by atoms with Gasteiger partial charge in [-0.05, 0) is 67.8 Å². The van der Waals surface area contributed by atoms with Crippen LogP contribution >= 0.6 is 67.8 Å². The van der Waals surface area contributed by atoms with Crippen LogP contribution in [-0.2, 0) is 4.79 Å². The maximum Gasteiger partial charge on any atom is 0.250 e. The molecule has 0 atom stereocenters. The van der Waals surface area contributed by atoms with Gasteiger partial charge in [-0.2, -0.15) is 0 Å². The number of primary amides is 2. The second-order valence-electron chi connectivity index (χ2n) is 3.85. The van der Waals surface area contributed by atoms with Gasteiger partial charge in [-0.1, -0.05) is 0 Å². The molecule has 1 aromatic rings. The zero-order chi connectivity index (χ0) is 15.8. The van der Waals surface area contributed by atoms with Crippen molar-refractivity contribution >= 4 is 91.2 Å². The lowest BCUT2D eigenvalue weighted by Crippen LogP contribution is -2.29. The van der Waals surface area contributed by atoms with Gasteiger partial charge in [0, 0.05) is 17.5 Å². The van der Waals surface area contributed by atoms with Crippen molar-refractivity contribution in [2.75, 3.05) is 11.9 Å². The molecule has 0 heterocycles. The first-order valence-corrected chi connectivity index (χ1v) is 8.39. The van der Waals surface area contributed by atoms with E-state index in [0.29, 0.717) is 16.4 Å². The van der Waals surface area contributed by atoms with Crippen LogP contribution in [-0.4, -0.2) is 24.8 Å². The van der Waals surface area contributed by atoms with Crippen LogP contribution in [0.3, 0.4) is 0 Å². The summed E-state index contributed by atoms with van der Waals surface area (Å²) in [7, 11) is 1.56. The summed E-state index contributed by atoms with van der Waals surface area (Å²) in [5.41, 5.74) is 11.6. The zero-order valence-electron chi connectivity index (χ0n) is 10.5. The lowest BCUT2D eigenvalue weighted by atomic mass is 10.1. The molecule has 0 bridgehead atoms. The Morgan fingerprint density at radius 3 is 1.50 bits per heavy atom. The fourth-order valence-corrected chi connectivity index (χ4v) is 6.49. The molecule has 0 aliphatic rings. The molecule has 108 valence electrons. The molecule has 3 amide bonds. The van der Waals surface area contributed by atoms with Gasteiger partial charge in [0.15, 0.2) is 0 Å². The van der Waals surface area contributed by atoms with Gasteiger partial charge in [0.05, 0.1) is 24.0 Å². The van der Waals surface area contributed by atoms with Crippen molar-refractivity contribution < 1.29 is 14.4 Å². The molecule has 0 unspecified atom stereocenters. The number of benzene rings is 1. The Bertz CT molecular complexity index is 590. The van der Waals surface area contributed by atoms with Gasteiger partial charge in [0.1, 0.15) is 0 Å². The minimum absolute atomic E-state index is 0.198. The maximum absolute atomic E-state index is 11.6. The third kappa shape index (κ3) is 3.18. The van der Waals surface area contributed by atoms with Gasteiger partial charge in [-0.25, -0.2) is 0 Å². The lowest BCUT2D eigenvalue weighted by molar-refractivity contribution is -0.116. The molecule has 6 nitrogen and oxygen atoms in total. The number of carbonyl (C=O) groups excluding carboxylic acids is 3. The molecule has 0 aliphatic heterocycles. The lowest BCUT2D eigenvalue weighted by Gasteiger charge is -2.23. The molecule has 20 heavy (non-hydrogen) atoms. The van der Waals surface area contributed by atoms with Crippen LogP contribution < -0.4 is 16.4 Å². The van der Waals surface area contributed by atoms with Crippen LogP contribution in [0.15, 0.2) is 0 Å². The fourth-order valence-electron chi connectivity index (χ4n) is 1.54. The summed E-state index contributed by atoms with van der Waals surface area (Å²) in [6.07, 6.45) is 0. The molecule has 9 heteroatoms. The summed E-state index contributed by atoms with van der Waals surface area (Å²) in [6, 6.07) is 0. The van der Waals surface area contributed by atoms with Crippen LogP contribution in [0.1, 0.15) is 27.6 Å². The highest BCUT2D eigenvalue weighted by Gasteiger charge is 2.28. The second-order valence-corrected chi connectivity index (χ2v) is 7.08. The Balaban J connectivity index is 3.90. The third-order valence-corrected chi connectivity index (χ3v) is 5.77. The summed E-state index contributed by atoms with van der Waals surface area (Å²) >= 11 is 5.74. The summed E-state index contributed by atoms with van der Waals surface area (Å²) < 4.78 is 1.44. The number of amides is 3. The van der Waals surface area contributed by atoms with Gasteiger partial charge in [0.2, 0.25) is 5.91 Å². The standard InChI is InChI=1S/C11H10I3N3O3/c1-3(18)17(2)9-7(13)4(10(15)19)6(12)5(8(9)14)11(16)20/h1-2H3,(H2,15,19)(H2,16,20). The molecule has 0 saturated heterocycles. The molecule has 4 N–H and O–H groups in total. The van der Waals surface area contributed by atoms with E-state index in [4.69, 9.17) is 11.5 Å². The molecule has 1 aromatic carbocycles. The van der Waals surface area contributed by atoms with Gasteiger partial charge in [0.25, 0.3) is 11.8 Å². The molecule has 0 aromatic heterocycles. The van der Waals surface area contributed by atoms with E-state index in [2.05, 4.69) is 0 Å². The van der Waals surface area contributed by atoms with Crippen molar-refractivity contribution in [3.05, 3.63) is 21.8 Å². The highest BCUT2D eigenvalue weighted by atomic mass is 127. The minimum Gasteiger partial charge on any atom is -0.366 e. The smallest absolute Gasteiger partial charge is 0.250 e. The van der Waals surface area contributed by atoms with Crippen molar-refractivity contribution in [2.45, 2.75) is 6.92 Å². The molecule has 0 spiro atoms. The van der Waals surface area contributed by atoms with Crippen LogP contribution in [0.5, 0.6) is 0 Å². The van der Waals surface area contributed by atoms with E-state index in [0.717, 1.165) is 0 Å². The van der Waals surface area contributed by atoms with Gasteiger partial charge in [-0.3, -0.25) is 14.4 Å². The van der Waals surface area contributed by atoms with E-state index in [1.54, 1.807) is 7.05 Å². The predicted molar refractivity (Wildman–Crippen MR) is 101 cm³/mol. The summed E-state index contributed by atoms with van der Waals surface area (Å²) in [4.78, 5) is 36.2. The Kier molecular flexibility index (Phi) is 6.01. The van der Waals surface area contributed by atoms with Crippen molar-refractivity contribution in [1.29, 1.82) is 0 Å². The molecule has 0 saturated carbocycles. The van der Waals surface area contributed by atoms with E-state index in [1.165, 1.54) is 11.8 Å². The Labute approximate surface area is 156 Å². The fraction of sp³-hybridized carbons (Fsp3) is 0.182. The number of rotatable bonds is 3. The number of hydrogen-bond donors (Lipinski definition) is 2. The highest BCUT2D eigenvalue weighted by molar-refractivity contribution is 14.1. The molecule has 0 aliphatic carbocycles. The largest absolute Gasteiger partial charge is 0.366 e. The van der Waals surface area contributed by atoms with Gasteiger partial charge in [-0.15, -0.1) is 0 Å². The second kappa shape index (κ2) is 6.72. The van der Waals surface area contributed by atoms with E-state index in [9.17, 15) is 14.4 Å². The molecule has 0 radical (unpaired) electrons. The third-order valence-electron chi connectivity index (χ3n) is 2.59. The first-order chi connectivity index (χ1) is 9.11. The number of halogens is 3. The van der Waals surface area contributed by atoms with Crippen LogP contribution in [0, 0.1) is 10.7 Å². The monoisotopic (exact) mass is 613 g/mol.